The van der Waals surface area contributed by atoms with Gasteiger partial charge in [0.2, 0.25) is 6.23 Å². The van der Waals surface area contributed by atoms with Crippen LogP contribution in [0.1, 0.15) is 39.0 Å². The van der Waals surface area contributed by atoms with E-state index in [1.54, 1.807) is 10.5 Å². The number of rotatable bonds is 3. The molecule has 0 saturated carbocycles. The standard InChI is InChI=1S/C19H27NO/c1-14-11-15(2)18(16(3)12-14)13-20-9-10-21-19(20)17-7-5-4-6-8-17/h4-8,11,15-16,18-19H,9-10,12-13H2,1-3H3/p+1/t15-,16-,18+,19-/m1/s1. The third-order valence-corrected chi connectivity index (χ3v) is 5.28. The first-order valence-electron chi connectivity index (χ1n) is 8.33. The van der Waals surface area contributed by atoms with E-state index in [9.17, 15) is 0 Å². The summed E-state index contributed by atoms with van der Waals surface area (Å²) in [5.41, 5.74) is 2.89. The van der Waals surface area contributed by atoms with Crippen LogP contribution in [0.2, 0.25) is 0 Å². The number of nitrogens with one attached hydrogen (secondary N) is 1. The van der Waals surface area contributed by atoms with Crippen LogP contribution in [0.3, 0.4) is 0 Å². The van der Waals surface area contributed by atoms with Gasteiger partial charge in [0, 0.05) is 11.5 Å². The van der Waals surface area contributed by atoms with Crippen molar-refractivity contribution in [1.29, 1.82) is 0 Å². The quantitative estimate of drug-likeness (QED) is 0.844. The Bertz CT molecular complexity index is 496. The second-order valence-electron chi connectivity index (χ2n) is 6.99. The lowest BCUT2D eigenvalue weighted by Gasteiger charge is -2.35. The number of hydrogen-bond acceptors (Lipinski definition) is 1. The Balaban J connectivity index is 1.72. The number of quaternary nitrogens is 1. The van der Waals surface area contributed by atoms with Crippen LogP contribution in [0.5, 0.6) is 0 Å². The summed E-state index contributed by atoms with van der Waals surface area (Å²) in [7, 11) is 0. The van der Waals surface area contributed by atoms with Crippen molar-refractivity contribution in [2.75, 3.05) is 19.7 Å². The molecule has 1 N–H and O–H groups in total. The first-order valence-corrected chi connectivity index (χ1v) is 8.33. The Labute approximate surface area is 128 Å². The highest BCUT2D eigenvalue weighted by Gasteiger charge is 2.36. The van der Waals surface area contributed by atoms with Crippen LogP contribution in [-0.4, -0.2) is 19.7 Å². The van der Waals surface area contributed by atoms with E-state index in [1.165, 1.54) is 18.5 Å². The SMILES string of the molecule is CC1=C[C@@H](C)[C@H](C[NH+]2CCO[C@@H]2c2ccccc2)[C@H](C)C1. The van der Waals surface area contributed by atoms with E-state index in [0.29, 0.717) is 5.92 Å². The summed E-state index contributed by atoms with van der Waals surface area (Å²) in [5, 5.41) is 0. The first kappa shape index (κ1) is 14.8. The van der Waals surface area contributed by atoms with Crippen molar-refractivity contribution >= 4 is 0 Å². The van der Waals surface area contributed by atoms with Gasteiger partial charge in [-0.3, -0.25) is 0 Å². The molecule has 2 heteroatoms. The molecule has 0 radical (unpaired) electrons. The molecular weight excluding hydrogens is 258 g/mol. The minimum atomic E-state index is 0.234. The summed E-state index contributed by atoms with van der Waals surface area (Å²) in [5.74, 6) is 2.25. The number of benzene rings is 1. The lowest BCUT2D eigenvalue weighted by Crippen LogP contribution is -3.11. The molecule has 1 aliphatic carbocycles. The summed E-state index contributed by atoms with van der Waals surface area (Å²) < 4.78 is 6.03. The second kappa shape index (κ2) is 6.33. The minimum absolute atomic E-state index is 0.234. The highest BCUT2D eigenvalue weighted by Crippen LogP contribution is 2.32. The van der Waals surface area contributed by atoms with Crippen LogP contribution >= 0.6 is 0 Å². The highest BCUT2D eigenvalue weighted by atomic mass is 16.5. The van der Waals surface area contributed by atoms with Crippen LogP contribution in [0.25, 0.3) is 0 Å². The van der Waals surface area contributed by atoms with E-state index in [-0.39, 0.29) is 6.23 Å². The molecule has 0 spiro atoms. The van der Waals surface area contributed by atoms with E-state index < -0.39 is 0 Å². The van der Waals surface area contributed by atoms with Crippen molar-refractivity contribution in [2.24, 2.45) is 17.8 Å². The number of allylic oxidation sites excluding steroid dienone is 2. The Morgan fingerprint density at radius 3 is 2.67 bits per heavy atom. The molecule has 5 atom stereocenters. The molecule has 1 aliphatic heterocycles. The average molecular weight is 286 g/mol. The van der Waals surface area contributed by atoms with Crippen molar-refractivity contribution in [3.8, 4) is 0 Å². The molecule has 0 aromatic heterocycles. The monoisotopic (exact) mass is 286 g/mol. The van der Waals surface area contributed by atoms with Gasteiger partial charge in [-0.05, 0) is 25.2 Å². The van der Waals surface area contributed by atoms with Gasteiger partial charge in [0.1, 0.15) is 13.2 Å². The van der Waals surface area contributed by atoms with Crippen molar-refractivity contribution in [3.05, 3.63) is 47.5 Å². The maximum absolute atomic E-state index is 6.03. The molecule has 0 amide bonds. The fourth-order valence-corrected chi connectivity index (χ4v) is 4.23. The Hall–Kier alpha value is -1.12. The third-order valence-electron chi connectivity index (χ3n) is 5.28. The van der Waals surface area contributed by atoms with Gasteiger partial charge in [-0.2, -0.15) is 0 Å². The molecule has 21 heavy (non-hydrogen) atoms. The van der Waals surface area contributed by atoms with Crippen LogP contribution in [0, 0.1) is 17.8 Å². The Morgan fingerprint density at radius 1 is 1.19 bits per heavy atom. The van der Waals surface area contributed by atoms with E-state index in [2.05, 4.69) is 57.2 Å². The predicted molar refractivity (Wildman–Crippen MR) is 86.0 cm³/mol. The van der Waals surface area contributed by atoms with Crippen LogP contribution in [0.4, 0.5) is 0 Å². The van der Waals surface area contributed by atoms with E-state index in [1.807, 2.05) is 0 Å². The Morgan fingerprint density at radius 2 is 1.95 bits per heavy atom. The molecule has 2 aliphatic rings. The van der Waals surface area contributed by atoms with Gasteiger partial charge in [0.15, 0.2) is 0 Å². The molecule has 2 nitrogen and oxygen atoms in total. The van der Waals surface area contributed by atoms with Crippen molar-refractivity contribution in [3.63, 3.8) is 0 Å². The fraction of sp³-hybridized carbons (Fsp3) is 0.579. The summed E-state index contributed by atoms with van der Waals surface area (Å²) in [6.45, 7) is 10.3. The third kappa shape index (κ3) is 3.22. The van der Waals surface area contributed by atoms with Crippen molar-refractivity contribution in [1.82, 2.24) is 0 Å². The summed E-state index contributed by atoms with van der Waals surface area (Å²) in [6, 6.07) is 10.7. The zero-order valence-electron chi connectivity index (χ0n) is 13.5. The smallest absolute Gasteiger partial charge is 0.218 e. The molecule has 1 saturated heterocycles. The summed E-state index contributed by atoms with van der Waals surface area (Å²) in [4.78, 5) is 1.61. The zero-order chi connectivity index (χ0) is 14.8. The van der Waals surface area contributed by atoms with Gasteiger partial charge in [-0.1, -0.05) is 55.8 Å². The molecular formula is C19H28NO+. The minimum Gasteiger partial charge on any atom is -0.319 e. The van der Waals surface area contributed by atoms with Crippen LogP contribution < -0.4 is 4.90 Å². The number of hydrogen-bond donors (Lipinski definition) is 1. The van der Waals surface area contributed by atoms with Crippen molar-refractivity contribution in [2.45, 2.75) is 33.4 Å². The van der Waals surface area contributed by atoms with Gasteiger partial charge in [-0.25, -0.2) is 0 Å². The Kier molecular flexibility index (Phi) is 4.46. The first-order chi connectivity index (χ1) is 10.1. The topological polar surface area (TPSA) is 13.7 Å². The predicted octanol–water partition coefficient (Wildman–Crippen LogP) is 2.84. The maximum Gasteiger partial charge on any atom is 0.218 e. The highest BCUT2D eigenvalue weighted by molar-refractivity contribution is 5.16. The lowest BCUT2D eigenvalue weighted by molar-refractivity contribution is -0.935. The molecule has 0 bridgehead atoms. The molecule has 3 rings (SSSR count). The molecule has 114 valence electrons. The van der Waals surface area contributed by atoms with Gasteiger partial charge < -0.3 is 9.64 Å². The maximum atomic E-state index is 6.03. The van der Waals surface area contributed by atoms with E-state index in [4.69, 9.17) is 4.74 Å². The summed E-state index contributed by atoms with van der Waals surface area (Å²) in [6.07, 6.45) is 3.98. The second-order valence-corrected chi connectivity index (χ2v) is 6.99. The average Bonchev–Trinajstić information content (AvgIpc) is 2.92. The summed E-state index contributed by atoms with van der Waals surface area (Å²) >= 11 is 0. The molecule has 1 fully saturated rings. The van der Waals surface area contributed by atoms with Gasteiger partial charge in [-0.15, -0.1) is 0 Å². The zero-order valence-corrected chi connectivity index (χ0v) is 13.5. The van der Waals surface area contributed by atoms with Gasteiger partial charge in [0.25, 0.3) is 0 Å². The molecule has 1 aromatic carbocycles. The van der Waals surface area contributed by atoms with Crippen molar-refractivity contribution < 1.29 is 9.64 Å². The van der Waals surface area contributed by atoms with Crippen LogP contribution in [-0.2, 0) is 4.74 Å². The molecule has 1 heterocycles. The molecule has 1 aromatic rings. The number of ether oxygens (including phenoxy) is 1. The van der Waals surface area contributed by atoms with Gasteiger partial charge in [0.05, 0.1) is 6.54 Å². The largest absolute Gasteiger partial charge is 0.319 e. The molecule has 1 unspecified atom stereocenters. The van der Waals surface area contributed by atoms with Crippen LogP contribution in [0.15, 0.2) is 42.0 Å². The van der Waals surface area contributed by atoms with Gasteiger partial charge >= 0.3 is 0 Å². The van der Waals surface area contributed by atoms with E-state index >= 15 is 0 Å². The fourth-order valence-electron chi connectivity index (χ4n) is 4.23. The normalized spacial score (nSPS) is 36.5. The van der Waals surface area contributed by atoms with E-state index in [0.717, 1.165) is 25.0 Å². The lowest BCUT2D eigenvalue weighted by atomic mass is 9.74.